The molecule has 2 aliphatic heterocycles. The number of rotatable bonds is 5. The number of halogens is 3. The minimum atomic E-state index is -0.608. The van der Waals surface area contributed by atoms with Gasteiger partial charge in [0.1, 0.15) is 5.82 Å². The molecule has 0 radical (unpaired) electrons. The lowest BCUT2D eigenvalue weighted by molar-refractivity contribution is -0.115. The van der Waals surface area contributed by atoms with Gasteiger partial charge < -0.3 is 19.0 Å². The lowest BCUT2D eigenvalue weighted by Crippen LogP contribution is -2.31. The summed E-state index contributed by atoms with van der Waals surface area (Å²) in [6.45, 7) is 1.86. The third kappa shape index (κ3) is 3.87. The Morgan fingerprint density at radius 1 is 1.29 bits per heavy atom. The van der Waals surface area contributed by atoms with E-state index < -0.39 is 23.7 Å². The predicted octanol–water partition coefficient (Wildman–Crippen LogP) is 4.30. The first kappa shape index (κ1) is 21.6. The molecule has 2 atom stereocenters. The molecule has 1 N–H and O–H groups in total. The van der Waals surface area contributed by atoms with Crippen LogP contribution in [-0.4, -0.2) is 31.7 Å². The Morgan fingerprint density at radius 2 is 2.03 bits per heavy atom. The fourth-order valence-corrected chi connectivity index (χ4v) is 5.01. The van der Waals surface area contributed by atoms with Crippen molar-refractivity contribution in [2.75, 3.05) is 13.9 Å². The van der Waals surface area contributed by atoms with Gasteiger partial charge in [0.05, 0.1) is 28.2 Å². The first-order valence-electron chi connectivity index (χ1n) is 9.10. The van der Waals surface area contributed by atoms with Crippen LogP contribution in [0.25, 0.3) is 0 Å². The van der Waals surface area contributed by atoms with Crippen LogP contribution >= 0.6 is 31.9 Å². The standard InChI is InChI=1S/C20H16Br2FN3O5/c1-9-15(20(27)25-24-7-10-5-3-4-6-11(10)23)26-31-16(9)12-13(21)17(28-2)19-18(14(12)22)29-8-30-19/h3-7,9,16H,8H2,1-2H3,(H,25,27)/b24-7-/t9-,16-/m0/s1. The molecule has 0 spiro atoms. The highest BCUT2D eigenvalue weighted by atomic mass is 79.9. The number of methoxy groups -OCH3 is 1. The van der Waals surface area contributed by atoms with Crippen molar-refractivity contribution in [3.05, 3.63) is 50.2 Å². The van der Waals surface area contributed by atoms with Crippen molar-refractivity contribution in [1.82, 2.24) is 5.43 Å². The molecule has 0 fully saturated rings. The summed E-state index contributed by atoms with van der Waals surface area (Å²) in [5.41, 5.74) is 3.41. The lowest BCUT2D eigenvalue weighted by atomic mass is 9.93. The average molecular weight is 557 g/mol. The Kier molecular flexibility index (Phi) is 6.15. The number of ether oxygens (including phenoxy) is 3. The van der Waals surface area contributed by atoms with E-state index in [2.05, 4.69) is 47.5 Å². The van der Waals surface area contributed by atoms with Gasteiger partial charge in [-0.05, 0) is 37.9 Å². The second kappa shape index (κ2) is 8.83. The number of hydrogen-bond donors (Lipinski definition) is 1. The third-order valence-electron chi connectivity index (χ3n) is 4.84. The molecule has 0 aromatic heterocycles. The van der Waals surface area contributed by atoms with E-state index in [9.17, 15) is 9.18 Å². The zero-order valence-electron chi connectivity index (χ0n) is 16.3. The van der Waals surface area contributed by atoms with E-state index in [1.54, 1.807) is 25.1 Å². The molecular formula is C20H16Br2FN3O5. The van der Waals surface area contributed by atoms with Gasteiger partial charge in [0.2, 0.25) is 12.5 Å². The van der Waals surface area contributed by atoms with Gasteiger partial charge in [-0.3, -0.25) is 4.79 Å². The Bertz CT molecular complexity index is 1110. The van der Waals surface area contributed by atoms with Gasteiger partial charge in [-0.15, -0.1) is 0 Å². The van der Waals surface area contributed by atoms with Crippen LogP contribution in [0.15, 0.2) is 43.5 Å². The smallest absolute Gasteiger partial charge is 0.289 e. The number of carbonyl (C=O) groups excluding carboxylic acids is 1. The van der Waals surface area contributed by atoms with Crippen molar-refractivity contribution in [1.29, 1.82) is 0 Å². The van der Waals surface area contributed by atoms with Gasteiger partial charge in [0.15, 0.2) is 23.3 Å². The topological polar surface area (TPSA) is 90.7 Å². The Morgan fingerprint density at radius 3 is 2.77 bits per heavy atom. The fraction of sp³-hybridized carbons (Fsp3) is 0.250. The van der Waals surface area contributed by atoms with Crippen molar-refractivity contribution in [3.63, 3.8) is 0 Å². The molecule has 0 aliphatic carbocycles. The highest BCUT2D eigenvalue weighted by molar-refractivity contribution is 9.11. The minimum Gasteiger partial charge on any atom is -0.492 e. The Labute approximate surface area is 193 Å². The quantitative estimate of drug-likeness (QED) is 0.438. The number of hydrazone groups is 1. The van der Waals surface area contributed by atoms with Crippen LogP contribution in [0.1, 0.15) is 24.2 Å². The molecular weight excluding hydrogens is 541 g/mol. The summed E-state index contributed by atoms with van der Waals surface area (Å²) in [6.07, 6.45) is 0.616. The number of amides is 1. The van der Waals surface area contributed by atoms with Crippen LogP contribution in [0.4, 0.5) is 4.39 Å². The molecule has 2 heterocycles. The summed E-state index contributed by atoms with van der Waals surface area (Å²) >= 11 is 7.07. The molecule has 2 aromatic rings. The highest BCUT2D eigenvalue weighted by Crippen LogP contribution is 2.55. The summed E-state index contributed by atoms with van der Waals surface area (Å²) < 4.78 is 31.4. The first-order valence-corrected chi connectivity index (χ1v) is 10.7. The second-order valence-corrected chi connectivity index (χ2v) is 8.24. The largest absolute Gasteiger partial charge is 0.492 e. The van der Waals surface area contributed by atoms with Crippen LogP contribution in [0.3, 0.4) is 0 Å². The van der Waals surface area contributed by atoms with Crippen molar-refractivity contribution in [3.8, 4) is 17.2 Å². The highest BCUT2D eigenvalue weighted by Gasteiger charge is 2.41. The van der Waals surface area contributed by atoms with Crippen LogP contribution in [0, 0.1) is 11.7 Å². The van der Waals surface area contributed by atoms with Crippen LogP contribution in [0.5, 0.6) is 17.2 Å². The van der Waals surface area contributed by atoms with E-state index in [0.29, 0.717) is 31.8 Å². The molecule has 162 valence electrons. The fourth-order valence-electron chi connectivity index (χ4n) is 3.26. The Balaban J connectivity index is 1.54. The van der Waals surface area contributed by atoms with E-state index >= 15 is 0 Å². The van der Waals surface area contributed by atoms with Gasteiger partial charge in [-0.1, -0.05) is 30.3 Å². The zero-order chi connectivity index (χ0) is 22.1. The molecule has 31 heavy (non-hydrogen) atoms. The summed E-state index contributed by atoms with van der Waals surface area (Å²) in [6, 6.07) is 6.09. The van der Waals surface area contributed by atoms with Crippen LogP contribution in [0.2, 0.25) is 0 Å². The van der Waals surface area contributed by atoms with E-state index in [1.807, 2.05) is 0 Å². The molecule has 1 amide bonds. The van der Waals surface area contributed by atoms with Crippen LogP contribution < -0.4 is 19.6 Å². The molecule has 4 rings (SSSR count). The van der Waals surface area contributed by atoms with Gasteiger partial charge in [0, 0.05) is 11.1 Å². The number of carbonyl (C=O) groups is 1. The third-order valence-corrected chi connectivity index (χ3v) is 6.41. The van der Waals surface area contributed by atoms with Crippen molar-refractivity contribution in [2.45, 2.75) is 13.0 Å². The second-order valence-electron chi connectivity index (χ2n) is 6.65. The van der Waals surface area contributed by atoms with Gasteiger partial charge in [-0.25, -0.2) is 9.82 Å². The van der Waals surface area contributed by atoms with E-state index in [4.69, 9.17) is 19.0 Å². The molecule has 0 bridgehead atoms. The summed E-state index contributed by atoms with van der Waals surface area (Å²) in [5.74, 6) is -0.0186. The van der Waals surface area contributed by atoms with Gasteiger partial charge >= 0.3 is 0 Å². The van der Waals surface area contributed by atoms with Crippen LogP contribution in [-0.2, 0) is 9.63 Å². The summed E-state index contributed by atoms with van der Waals surface area (Å²) in [7, 11) is 1.52. The molecule has 2 aliphatic rings. The lowest BCUT2D eigenvalue weighted by Gasteiger charge is -2.20. The van der Waals surface area contributed by atoms with Crippen molar-refractivity contribution in [2.24, 2.45) is 16.2 Å². The maximum absolute atomic E-state index is 13.7. The number of hydrogen-bond acceptors (Lipinski definition) is 7. The Hall–Kier alpha value is -2.66. The number of fused-ring (bicyclic) bond motifs is 1. The minimum absolute atomic E-state index is 0.0609. The molecule has 0 unspecified atom stereocenters. The molecule has 11 heteroatoms. The predicted molar refractivity (Wildman–Crippen MR) is 117 cm³/mol. The van der Waals surface area contributed by atoms with Crippen molar-refractivity contribution < 1.29 is 28.2 Å². The number of benzene rings is 2. The van der Waals surface area contributed by atoms with E-state index in [-0.39, 0.29) is 18.1 Å². The monoisotopic (exact) mass is 555 g/mol. The first-order chi connectivity index (χ1) is 14.9. The maximum atomic E-state index is 13.7. The summed E-state index contributed by atoms with van der Waals surface area (Å²) in [5, 5.41) is 7.76. The maximum Gasteiger partial charge on any atom is 0.289 e. The summed E-state index contributed by atoms with van der Waals surface area (Å²) in [4.78, 5) is 18.2. The molecule has 2 aromatic carbocycles. The number of nitrogens with one attached hydrogen (secondary N) is 1. The molecule has 0 saturated carbocycles. The number of oxime groups is 1. The normalized spacial score (nSPS) is 19.3. The zero-order valence-corrected chi connectivity index (χ0v) is 19.5. The average Bonchev–Trinajstić information content (AvgIpc) is 3.38. The number of nitrogens with zero attached hydrogens (tertiary/aromatic N) is 2. The SMILES string of the molecule is COc1c(Br)c([C@H]2ON=C(C(=O)N/N=C\c3ccccc3F)[C@@H]2C)c(Br)c2c1OCO2. The van der Waals surface area contributed by atoms with E-state index in [1.165, 1.54) is 19.4 Å². The van der Waals surface area contributed by atoms with Gasteiger partial charge in [0.25, 0.3) is 5.91 Å². The van der Waals surface area contributed by atoms with Gasteiger partial charge in [-0.2, -0.15) is 5.10 Å². The molecule has 0 saturated heterocycles. The molecule has 8 nitrogen and oxygen atoms in total. The van der Waals surface area contributed by atoms with Crippen molar-refractivity contribution >= 4 is 49.7 Å². The van der Waals surface area contributed by atoms with E-state index in [0.717, 1.165) is 0 Å².